The van der Waals surface area contributed by atoms with Crippen molar-refractivity contribution < 1.29 is 0 Å². The van der Waals surface area contributed by atoms with Crippen LogP contribution in [0.5, 0.6) is 0 Å². The first-order valence-corrected chi connectivity index (χ1v) is 11.3. The molecular formula is C23H49N. The molecule has 0 aromatic carbocycles. The summed E-state index contributed by atoms with van der Waals surface area (Å²) in [5.74, 6) is 0. The van der Waals surface area contributed by atoms with Crippen LogP contribution in [0.1, 0.15) is 130 Å². The van der Waals surface area contributed by atoms with E-state index >= 15 is 0 Å². The monoisotopic (exact) mass is 339 g/mol. The topological polar surface area (TPSA) is 12.0 Å². The highest BCUT2D eigenvalue weighted by molar-refractivity contribution is 4.61. The summed E-state index contributed by atoms with van der Waals surface area (Å²) in [6.45, 7) is 11.8. The maximum absolute atomic E-state index is 3.62. The van der Waals surface area contributed by atoms with E-state index in [1.54, 1.807) is 0 Å². The Bertz CT molecular complexity index is 229. The predicted molar refractivity (Wildman–Crippen MR) is 112 cm³/mol. The van der Waals surface area contributed by atoms with Crippen molar-refractivity contribution in [1.29, 1.82) is 0 Å². The third-order valence-corrected chi connectivity index (χ3v) is 4.99. The van der Waals surface area contributed by atoms with Crippen LogP contribution in [-0.2, 0) is 0 Å². The Balaban J connectivity index is 3.00. The van der Waals surface area contributed by atoms with Crippen LogP contribution < -0.4 is 5.32 Å². The third-order valence-electron chi connectivity index (χ3n) is 4.99. The largest absolute Gasteiger partial charge is 0.317 e. The molecule has 0 unspecified atom stereocenters. The highest BCUT2D eigenvalue weighted by Crippen LogP contribution is 2.22. The Morgan fingerprint density at radius 2 is 0.875 bits per heavy atom. The minimum atomic E-state index is 0.528. The molecule has 0 radical (unpaired) electrons. The van der Waals surface area contributed by atoms with Crippen molar-refractivity contribution >= 4 is 0 Å². The molecule has 1 nitrogen and oxygen atoms in total. The normalized spacial score (nSPS) is 12.0. The van der Waals surface area contributed by atoms with Gasteiger partial charge in [0, 0.05) is 0 Å². The summed E-state index contributed by atoms with van der Waals surface area (Å²) in [5.41, 5.74) is 0.528. The summed E-state index contributed by atoms with van der Waals surface area (Å²) in [6, 6.07) is 0. The predicted octanol–water partition coefficient (Wildman–Crippen LogP) is 7.88. The van der Waals surface area contributed by atoms with Gasteiger partial charge in [-0.25, -0.2) is 0 Å². The van der Waals surface area contributed by atoms with E-state index in [9.17, 15) is 0 Å². The van der Waals surface area contributed by atoms with Gasteiger partial charge in [-0.3, -0.25) is 0 Å². The fraction of sp³-hybridized carbons (Fsp3) is 1.00. The second-order valence-corrected chi connectivity index (χ2v) is 9.01. The molecule has 1 N–H and O–H groups in total. The maximum Gasteiger partial charge on any atom is -0.00489 e. The Kier molecular flexibility index (Phi) is 17.7. The molecule has 0 bridgehead atoms. The molecule has 0 heterocycles. The van der Waals surface area contributed by atoms with Crippen LogP contribution in [0.3, 0.4) is 0 Å². The smallest absolute Gasteiger partial charge is 0.00489 e. The Morgan fingerprint density at radius 3 is 1.29 bits per heavy atom. The highest BCUT2D eigenvalue weighted by atomic mass is 14.8. The van der Waals surface area contributed by atoms with Crippen molar-refractivity contribution in [2.75, 3.05) is 13.1 Å². The summed E-state index contributed by atoms with van der Waals surface area (Å²) in [6.07, 6.45) is 22.8. The van der Waals surface area contributed by atoms with Gasteiger partial charge >= 0.3 is 0 Å². The third kappa shape index (κ3) is 22.0. The first-order chi connectivity index (χ1) is 11.6. The zero-order valence-corrected chi connectivity index (χ0v) is 17.7. The van der Waals surface area contributed by atoms with E-state index in [0.717, 1.165) is 0 Å². The van der Waals surface area contributed by atoms with Crippen LogP contribution in [0.15, 0.2) is 0 Å². The van der Waals surface area contributed by atoms with E-state index < -0.39 is 0 Å². The lowest BCUT2D eigenvalue weighted by Gasteiger charge is -2.17. The van der Waals surface area contributed by atoms with Gasteiger partial charge in [0.25, 0.3) is 0 Å². The first kappa shape index (κ1) is 24.0. The first-order valence-electron chi connectivity index (χ1n) is 11.3. The van der Waals surface area contributed by atoms with E-state index in [2.05, 4.69) is 33.0 Å². The van der Waals surface area contributed by atoms with Crippen LogP contribution in [0, 0.1) is 5.41 Å². The lowest BCUT2D eigenvalue weighted by atomic mass is 9.89. The van der Waals surface area contributed by atoms with Crippen LogP contribution in [0.2, 0.25) is 0 Å². The molecule has 0 rings (SSSR count). The molecule has 0 amide bonds. The average molecular weight is 340 g/mol. The zero-order valence-electron chi connectivity index (χ0n) is 17.7. The minimum Gasteiger partial charge on any atom is -0.317 e. The van der Waals surface area contributed by atoms with Crippen molar-refractivity contribution in [3.63, 3.8) is 0 Å². The Morgan fingerprint density at radius 1 is 0.500 bits per heavy atom. The SMILES string of the molecule is CCCCCCCCCCNCCCCCCCCCC(C)(C)C. The van der Waals surface area contributed by atoms with Gasteiger partial charge in [-0.15, -0.1) is 0 Å². The second-order valence-electron chi connectivity index (χ2n) is 9.01. The summed E-state index contributed by atoms with van der Waals surface area (Å²) in [4.78, 5) is 0. The van der Waals surface area contributed by atoms with E-state index in [-0.39, 0.29) is 0 Å². The van der Waals surface area contributed by atoms with Crippen LogP contribution in [0.25, 0.3) is 0 Å². The molecule has 0 saturated heterocycles. The summed E-state index contributed by atoms with van der Waals surface area (Å²) in [7, 11) is 0. The second kappa shape index (κ2) is 17.8. The van der Waals surface area contributed by atoms with Crippen molar-refractivity contribution in [1.82, 2.24) is 5.32 Å². The Labute approximate surface area is 154 Å². The van der Waals surface area contributed by atoms with Crippen LogP contribution >= 0.6 is 0 Å². The zero-order chi connectivity index (χ0) is 17.9. The van der Waals surface area contributed by atoms with Crippen molar-refractivity contribution in [2.45, 2.75) is 130 Å². The molecule has 0 aromatic heterocycles. The maximum atomic E-state index is 3.62. The van der Waals surface area contributed by atoms with E-state index in [1.165, 1.54) is 116 Å². The van der Waals surface area contributed by atoms with Gasteiger partial charge in [0.05, 0.1) is 0 Å². The molecule has 24 heavy (non-hydrogen) atoms. The van der Waals surface area contributed by atoms with E-state index in [0.29, 0.717) is 5.41 Å². The lowest BCUT2D eigenvalue weighted by Crippen LogP contribution is -2.16. The Hall–Kier alpha value is -0.0400. The molecule has 0 saturated carbocycles. The van der Waals surface area contributed by atoms with Gasteiger partial charge in [-0.2, -0.15) is 0 Å². The molecule has 0 aromatic rings. The molecule has 0 aliphatic heterocycles. The van der Waals surface area contributed by atoms with Gasteiger partial charge < -0.3 is 5.32 Å². The lowest BCUT2D eigenvalue weighted by molar-refractivity contribution is 0.356. The molecule has 0 fully saturated rings. The van der Waals surface area contributed by atoms with Crippen molar-refractivity contribution in [3.8, 4) is 0 Å². The quantitative estimate of drug-likeness (QED) is 0.250. The molecule has 0 aliphatic carbocycles. The van der Waals surface area contributed by atoms with Gasteiger partial charge in [-0.1, -0.05) is 111 Å². The van der Waals surface area contributed by atoms with Crippen LogP contribution in [0.4, 0.5) is 0 Å². The number of hydrogen-bond acceptors (Lipinski definition) is 1. The summed E-state index contributed by atoms with van der Waals surface area (Å²) >= 11 is 0. The minimum absolute atomic E-state index is 0.528. The van der Waals surface area contributed by atoms with Crippen molar-refractivity contribution in [2.24, 2.45) is 5.41 Å². The number of rotatable bonds is 18. The van der Waals surface area contributed by atoms with Crippen LogP contribution in [-0.4, -0.2) is 13.1 Å². The number of nitrogens with one attached hydrogen (secondary N) is 1. The van der Waals surface area contributed by atoms with Gasteiger partial charge in [0.2, 0.25) is 0 Å². The average Bonchev–Trinajstić information content (AvgIpc) is 2.52. The van der Waals surface area contributed by atoms with Gasteiger partial charge in [0.15, 0.2) is 0 Å². The summed E-state index contributed by atoms with van der Waals surface area (Å²) < 4.78 is 0. The van der Waals surface area contributed by atoms with E-state index in [1.807, 2.05) is 0 Å². The molecular weight excluding hydrogens is 290 g/mol. The molecule has 146 valence electrons. The molecule has 0 spiro atoms. The fourth-order valence-electron chi connectivity index (χ4n) is 3.30. The van der Waals surface area contributed by atoms with Gasteiger partial charge in [-0.05, 0) is 37.8 Å². The number of hydrogen-bond donors (Lipinski definition) is 1. The standard InChI is InChI=1S/C23H49N/c1-5-6-7-8-9-12-15-18-21-24-22-19-16-13-10-11-14-17-20-23(2,3)4/h24H,5-22H2,1-4H3. The number of unbranched alkanes of at least 4 members (excludes halogenated alkanes) is 13. The van der Waals surface area contributed by atoms with E-state index in [4.69, 9.17) is 0 Å². The highest BCUT2D eigenvalue weighted by Gasteiger charge is 2.08. The molecule has 0 aliphatic rings. The molecule has 1 heteroatoms. The van der Waals surface area contributed by atoms with Crippen molar-refractivity contribution in [3.05, 3.63) is 0 Å². The van der Waals surface area contributed by atoms with Gasteiger partial charge in [0.1, 0.15) is 0 Å². The molecule has 0 atom stereocenters. The summed E-state index contributed by atoms with van der Waals surface area (Å²) in [5, 5.41) is 3.62. The fourth-order valence-corrected chi connectivity index (χ4v) is 3.30.